The van der Waals surface area contributed by atoms with Crippen LogP contribution in [0.3, 0.4) is 0 Å². The number of nitrogens with one attached hydrogen (secondary N) is 2. The number of anilines is 2. The summed E-state index contributed by atoms with van der Waals surface area (Å²) in [5.41, 5.74) is 3.08. The zero-order chi connectivity index (χ0) is 29.3. The minimum Gasteiger partial charge on any atom is -0.376 e. The van der Waals surface area contributed by atoms with Gasteiger partial charge in [-0.1, -0.05) is 53.2 Å². The highest BCUT2D eigenvalue weighted by Crippen LogP contribution is 2.38. The summed E-state index contributed by atoms with van der Waals surface area (Å²) >= 11 is 6.72. The molecule has 3 heterocycles. The van der Waals surface area contributed by atoms with Crippen LogP contribution in [0.2, 0.25) is 5.02 Å². The second-order valence-electron chi connectivity index (χ2n) is 9.67. The molecule has 1 aliphatic carbocycles. The molecular weight excluding hydrogens is 541 g/mol. The number of nitriles is 2. The monoisotopic (exact) mass is 564 g/mol. The number of benzene rings is 2. The molecule has 9 nitrogen and oxygen atoms in total. The predicted octanol–water partition coefficient (Wildman–Crippen LogP) is 6.49. The van der Waals surface area contributed by atoms with E-state index in [0.717, 1.165) is 18.4 Å². The second-order valence-corrected chi connectivity index (χ2v) is 10.1. The number of hydrogen-bond acceptors (Lipinski definition) is 8. The molecule has 3 aromatic heterocycles. The number of aromatic nitrogens is 5. The number of nitrogens with zero attached hydrogens (tertiary/aromatic N) is 7. The quantitative estimate of drug-likeness (QED) is 0.194. The van der Waals surface area contributed by atoms with Crippen molar-refractivity contribution in [1.29, 1.82) is 10.5 Å². The lowest BCUT2D eigenvalue weighted by Crippen LogP contribution is -2.14. The van der Waals surface area contributed by atoms with E-state index in [1.165, 1.54) is 24.5 Å². The van der Waals surface area contributed by atoms with Gasteiger partial charge in [0, 0.05) is 23.5 Å². The first-order valence-electron chi connectivity index (χ1n) is 13.4. The van der Waals surface area contributed by atoms with Crippen molar-refractivity contribution in [3.63, 3.8) is 0 Å². The zero-order valence-electron chi connectivity index (χ0n) is 22.6. The van der Waals surface area contributed by atoms with Crippen LogP contribution in [0.5, 0.6) is 0 Å². The van der Waals surface area contributed by atoms with Gasteiger partial charge in [0.15, 0.2) is 0 Å². The molecule has 202 valence electrons. The van der Waals surface area contributed by atoms with Gasteiger partial charge in [-0.15, -0.1) is 5.10 Å². The maximum atomic E-state index is 13.7. The summed E-state index contributed by atoms with van der Waals surface area (Å²) in [6, 6.07) is 18.0. The third-order valence-corrected chi connectivity index (χ3v) is 7.12. The van der Waals surface area contributed by atoms with Crippen molar-refractivity contribution < 1.29 is 5.76 Å². The molecule has 0 aliphatic heterocycles. The lowest BCUT2D eigenvalue weighted by Gasteiger charge is -2.22. The van der Waals surface area contributed by atoms with Crippen molar-refractivity contribution in [2.75, 3.05) is 10.6 Å². The van der Waals surface area contributed by atoms with Gasteiger partial charge in [0.2, 0.25) is 5.95 Å². The molecule has 41 heavy (non-hydrogen) atoms. The first-order valence-corrected chi connectivity index (χ1v) is 13.3. The average Bonchev–Trinajstić information content (AvgIpc) is 3.73. The Morgan fingerprint density at radius 1 is 1.07 bits per heavy atom. The summed E-state index contributed by atoms with van der Waals surface area (Å²) in [4.78, 5) is 8.18. The Bertz CT molecular complexity index is 1850. The maximum absolute atomic E-state index is 13.7. The van der Waals surface area contributed by atoms with Crippen molar-refractivity contribution >= 4 is 33.9 Å². The lowest BCUT2D eigenvalue weighted by molar-refractivity contribution is 0.581. The van der Waals surface area contributed by atoms with Crippen LogP contribution in [0.15, 0.2) is 73.2 Å². The van der Waals surface area contributed by atoms with Crippen molar-refractivity contribution in [3.05, 3.63) is 107 Å². The van der Waals surface area contributed by atoms with Gasteiger partial charge in [-0.25, -0.2) is 9.67 Å². The van der Waals surface area contributed by atoms with Crippen LogP contribution < -0.4 is 10.6 Å². The third-order valence-electron chi connectivity index (χ3n) is 6.83. The predicted molar refractivity (Wildman–Crippen MR) is 152 cm³/mol. The highest BCUT2D eigenvalue weighted by Gasteiger charge is 2.27. The van der Waals surface area contributed by atoms with Crippen LogP contribution in [-0.4, -0.2) is 25.0 Å². The fourth-order valence-corrected chi connectivity index (χ4v) is 4.90. The van der Waals surface area contributed by atoms with Crippen LogP contribution >= 0.6 is 11.6 Å². The summed E-state index contributed by atoms with van der Waals surface area (Å²) in [7, 11) is 0. The minimum absolute atomic E-state index is 0.147. The standard InChI is InChI=1S/C30H23ClFN9/c31-24-13-21(37-29(19-6-9-27(32)35-15-19)26-17-41(40-39-26)22-7-8-22)12-23-28(20(14-34)16-36-30(23)24)38-25(10-11-33)18-4-2-1-3-5-18/h1-6,9,12-13,15-17,22,25,29,37H,7-8,10H2,(H,36,38)/t25-,29?/m1/s1/i29D. The number of rotatable bonds is 9. The van der Waals surface area contributed by atoms with Crippen LogP contribution in [0.1, 0.15) is 61.1 Å². The molecule has 11 heteroatoms. The van der Waals surface area contributed by atoms with Crippen molar-refractivity contribution in [2.24, 2.45) is 0 Å². The van der Waals surface area contributed by atoms with Gasteiger partial charge in [0.1, 0.15) is 11.8 Å². The molecule has 1 unspecified atom stereocenters. The van der Waals surface area contributed by atoms with E-state index in [4.69, 9.17) is 11.6 Å². The Morgan fingerprint density at radius 2 is 1.90 bits per heavy atom. The second kappa shape index (κ2) is 11.2. The molecule has 1 saturated carbocycles. The highest BCUT2D eigenvalue weighted by molar-refractivity contribution is 6.35. The normalized spacial score (nSPS) is 15.3. The average molecular weight is 565 g/mol. The summed E-state index contributed by atoms with van der Waals surface area (Å²) in [5.74, 6) is -0.673. The van der Waals surface area contributed by atoms with Gasteiger partial charge in [-0.05, 0) is 42.2 Å². The molecule has 6 rings (SSSR count). The fourth-order valence-electron chi connectivity index (χ4n) is 4.64. The van der Waals surface area contributed by atoms with E-state index >= 15 is 0 Å². The van der Waals surface area contributed by atoms with Gasteiger partial charge in [0.25, 0.3) is 0 Å². The summed E-state index contributed by atoms with van der Waals surface area (Å²) in [6.07, 6.45) is 6.54. The van der Waals surface area contributed by atoms with E-state index in [-0.39, 0.29) is 23.0 Å². The first kappa shape index (κ1) is 24.9. The number of hydrogen-bond donors (Lipinski definition) is 2. The molecule has 5 aromatic rings. The van der Waals surface area contributed by atoms with E-state index in [0.29, 0.717) is 33.5 Å². The van der Waals surface area contributed by atoms with Crippen LogP contribution in [0.25, 0.3) is 10.9 Å². The molecule has 2 N–H and O–H groups in total. The van der Waals surface area contributed by atoms with Crippen molar-refractivity contribution in [1.82, 2.24) is 25.0 Å². The van der Waals surface area contributed by atoms with Crippen LogP contribution in [-0.2, 0) is 0 Å². The van der Waals surface area contributed by atoms with Crippen LogP contribution in [0.4, 0.5) is 15.8 Å². The van der Waals surface area contributed by atoms with Gasteiger partial charge in [0.05, 0.1) is 59.9 Å². The van der Waals surface area contributed by atoms with Gasteiger partial charge in [-0.3, -0.25) is 4.98 Å². The SMILES string of the molecule is [2H]C(Nc1cc(Cl)c2ncc(C#N)c(N[C@H](CC#N)c3ccccc3)c2c1)(c1ccc(F)nc1)c1cn(C2CC2)nn1. The Kier molecular flexibility index (Phi) is 6.82. The van der Waals surface area contributed by atoms with E-state index in [2.05, 4.69) is 43.1 Å². The summed E-state index contributed by atoms with van der Waals surface area (Å²) in [5, 5.41) is 35.4. The first-order chi connectivity index (χ1) is 20.4. The van der Waals surface area contributed by atoms with E-state index in [1.807, 2.05) is 30.3 Å². The van der Waals surface area contributed by atoms with E-state index < -0.39 is 18.0 Å². The Balaban J connectivity index is 1.46. The van der Waals surface area contributed by atoms with Gasteiger partial charge in [-0.2, -0.15) is 14.9 Å². The summed E-state index contributed by atoms with van der Waals surface area (Å²) in [6.45, 7) is 0. The molecule has 1 fully saturated rings. The Labute approximate surface area is 241 Å². The largest absolute Gasteiger partial charge is 0.376 e. The molecule has 2 atom stereocenters. The summed E-state index contributed by atoms with van der Waals surface area (Å²) < 4.78 is 25.0. The molecule has 0 spiro atoms. The zero-order valence-corrected chi connectivity index (χ0v) is 22.3. The topological polar surface area (TPSA) is 128 Å². The molecule has 0 amide bonds. The molecule has 2 aromatic carbocycles. The fraction of sp³-hybridized carbons (Fsp3) is 0.200. The molecule has 0 saturated heterocycles. The maximum Gasteiger partial charge on any atom is 0.212 e. The van der Waals surface area contributed by atoms with Gasteiger partial charge < -0.3 is 10.6 Å². The molecule has 0 bridgehead atoms. The molecule has 0 radical (unpaired) electrons. The lowest BCUT2D eigenvalue weighted by atomic mass is 10.0. The third kappa shape index (κ3) is 5.51. The number of halogens is 2. The van der Waals surface area contributed by atoms with Crippen LogP contribution in [0, 0.1) is 28.6 Å². The molecular formula is C30H23ClFN9. The highest BCUT2D eigenvalue weighted by atomic mass is 35.5. The van der Waals surface area contributed by atoms with Crippen molar-refractivity contribution in [2.45, 2.75) is 37.4 Å². The minimum atomic E-state index is -1.72. The van der Waals surface area contributed by atoms with Crippen molar-refractivity contribution in [3.8, 4) is 12.1 Å². The van der Waals surface area contributed by atoms with Gasteiger partial charge >= 0.3 is 0 Å². The Morgan fingerprint density at radius 3 is 2.61 bits per heavy atom. The number of fused-ring (bicyclic) bond motifs is 1. The Hall–Kier alpha value is -5.06. The number of pyridine rings is 2. The smallest absolute Gasteiger partial charge is 0.212 e. The molecule has 1 aliphatic rings. The van der Waals surface area contributed by atoms with E-state index in [1.54, 1.807) is 23.0 Å². The van der Waals surface area contributed by atoms with E-state index in [9.17, 15) is 16.3 Å².